The minimum atomic E-state index is 0.665. The highest BCUT2D eigenvalue weighted by atomic mass is 32.1. The molecule has 2 aromatic heterocycles. The fraction of sp³-hybridized carbons (Fsp3) is 0. The van der Waals surface area contributed by atoms with Crippen molar-refractivity contribution in [3.63, 3.8) is 0 Å². The molecule has 64 valence electrons. The van der Waals surface area contributed by atoms with Crippen molar-refractivity contribution in [3.05, 3.63) is 41.4 Å². The zero-order valence-corrected chi connectivity index (χ0v) is 7.62. The molecule has 0 N–H and O–H groups in total. The van der Waals surface area contributed by atoms with Crippen molar-refractivity contribution in [2.45, 2.75) is 0 Å². The van der Waals surface area contributed by atoms with E-state index < -0.39 is 0 Å². The second kappa shape index (κ2) is 3.49. The van der Waals surface area contributed by atoms with Gasteiger partial charge >= 0.3 is 0 Å². The number of rotatable bonds is 2. The lowest BCUT2D eigenvalue weighted by Gasteiger charge is -1.95. The molecule has 0 aliphatic rings. The highest BCUT2D eigenvalue weighted by molar-refractivity contribution is 7.13. The van der Waals surface area contributed by atoms with Crippen LogP contribution >= 0.6 is 11.3 Å². The Hall–Kier alpha value is -1.48. The summed E-state index contributed by atoms with van der Waals surface area (Å²) in [6, 6.07) is 7.44. The molecule has 0 aromatic carbocycles. The van der Waals surface area contributed by atoms with E-state index >= 15 is 0 Å². The van der Waals surface area contributed by atoms with Crippen LogP contribution in [0.4, 0.5) is 0 Å². The summed E-state index contributed by atoms with van der Waals surface area (Å²) < 4.78 is 0. The van der Waals surface area contributed by atoms with E-state index in [0.717, 1.165) is 16.9 Å². The second-order valence-corrected chi connectivity index (χ2v) is 3.52. The number of hydrogen-bond donors (Lipinski definition) is 0. The maximum Gasteiger partial charge on any atom is 0.150 e. The van der Waals surface area contributed by atoms with Gasteiger partial charge in [-0.25, -0.2) is 0 Å². The minimum Gasteiger partial charge on any atom is -0.298 e. The summed E-state index contributed by atoms with van der Waals surface area (Å²) in [7, 11) is 0. The maximum absolute atomic E-state index is 10.5. The molecule has 0 unspecified atom stereocenters. The first-order chi connectivity index (χ1) is 6.40. The molecule has 2 aromatic rings. The largest absolute Gasteiger partial charge is 0.298 e. The van der Waals surface area contributed by atoms with Crippen LogP contribution in [0, 0.1) is 0 Å². The number of aromatic nitrogens is 1. The molecule has 2 heterocycles. The quantitative estimate of drug-likeness (QED) is 0.680. The average Bonchev–Trinajstić information content (AvgIpc) is 2.71. The Kier molecular flexibility index (Phi) is 2.19. The molecule has 13 heavy (non-hydrogen) atoms. The highest BCUT2D eigenvalue weighted by Crippen LogP contribution is 2.22. The van der Waals surface area contributed by atoms with Gasteiger partial charge in [-0.3, -0.25) is 9.78 Å². The average molecular weight is 189 g/mol. The Morgan fingerprint density at radius 2 is 2.31 bits per heavy atom. The lowest BCUT2D eigenvalue weighted by Crippen LogP contribution is -1.83. The standard InChI is InChI=1S/C10H7NOS/c12-7-8-3-4-11-9(6-8)10-2-1-5-13-10/h1-7H. The Morgan fingerprint density at radius 1 is 1.38 bits per heavy atom. The Morgan fingerprint density at radius 3 is 3.00 bits per heavy atom. The first kappa shape index (κ1) is 8.13. The lowest BCUT2D eigenvalue weighted by atomic mass is 10.2. The summed E-state index contributed by atoms with van der Waals surface area (Å²) >= 11 is 1.62. The third kappa shape index (κ3) is 1.65. The monoisotopic (exact) mass is 189 g/mol. The van der Waals surface area contributed by atoms with Crippen molar-refractivity contribution in [1.82, 2.24) is 4.98 Å². The lowest BCUT2D eigenvalue weighted by molar-refractivity contribution is 0.112. The third-order valence-electron chi connectivity index (χ3n) is 1.69. The van der Waals surface area contributed by atoms with Crippen molar-refractivity contribution < 1.29 is 4.79 Å². The van der Waals surface area contributed by atoms with Crippen molar-refractivity contribution in [3.8, 4) is 10.6 Å². The number of pyridine rings is 1. The van der Waals surface area contributed by atoms with Gasteiger partial charge < -0.3 is 0 Å². The van der Waals surface area contributed by atoms with E-state index in [2.05, 4.69) is 4.98 Å². The first-order valence-corrected chi connectivity index (χ1v) is 4.73. The molecule has 0 saturated heterocycles. The minimum absolute atomic E-state index is 0.665. The van der Waals surface area contributed by atoms with Crippen LogP contribution in [-0.4, -0.2) is 11.3 Å². The van der Waals surface area contributed by atoms with Crippen LogP contribution in [0.1, 0.15) is 10.4 Å². The topological polar surface area (TPSA) is 30.0 Å². The summed E-state index contributed by atoms with van der Waals surface area (Å²) in [6.45, 7) is 0. The van der Waals surface area contributed by atoms with Gasteiger partial charge in [0.1, 0.15) is 6.29 Å². The van der Waals surface area contributed by atoms with E-state index in [-0.39, 0.29) is 0 Å². The van der Waals surface area contributed by atoms with Crippen LogP contribution in [0.15, 0.2) is 35.8 Å². The molecule has 0 bridgehead atoms. The molecule has 0 radical (unpaired) electrons. The summed E-state index contributed by atoms with van der Waals surface area (Å²) in [4.78, 5) is 15.8. The molecular formula is C10H7NOS. The molecule has 2 nitrogen and oxygen atoms in total. The van der Waals surface area contributed by atoms with Crippen molar-refractivity contribution in [2.24, 2.45) is 0 Å². The second-order valence-electron chi connectivity index (χ2n) is 2.57. The molecule has 0 spiro atoms. The molecule has 0 amide bonds. The Bertz CT molecular complexity index is 409. The summed E-state index contributed by atoms with van der Waals surface area (Å²) in [5.74, 6) is 0. The predicted octanol–water partition coefficient (Wildman–Crippen LogP) is 2.62. The van der Waals surface area contributed by atoms with E-state index in [1.54, 1.807) is 29.7 Å². The number of nitrogens with zero attached hydrogens (tertiary/aromatic N) is 1. The molecule has 0 aliphatic heterocycles. The van der Waals surface area contributed by atoms with E-state index in [0.29, 0.717) is 5.56 Å². The fourth-order valence-electron chi connectivity index (χ4n) is 1.08. The van der Waals surface area contributed by atoms with Crippen LogP contribution in [0.25, 0.3) is 10.6 Å². The highest BCUT2D eigenvalue weighted by Gasteiger charge is 2.00. The molecule has 0 atom stereocenters. The van der Waals surface area contributed by atoms with Crippen molar-refractivity contribution in [1.29, 1.82) is 0 Å². The number of aldehydes is 1. The van der Waals surface area contributed by atoms with E-state index in [4.69, 9.17) is 0 Å². The zero-order chi connectivity index (χ0) is 9.10. The Balaban J connectivity index is 2.47. The van der Waals surface area contributed by atoms with Crippen LogP contribution in [0.2, 0.25) is 0 Å². The van der Waals surface area contributed by atoms with Gasteiger partial charge in [0, 0.05) is 11.8 Å². The van der Waals surface area contributed by atoms with Crippen molar-refractivity contribution in [2.75, 3.05) is 0 Å². The van der Waals surface area contributed by atoms with Crippen LogP contribution < -0.4 is 0 Å². The molecule has 0 aliphatic carbocycles. The number of carbonyl (C=O) groups is 1. The SMILES string of the molecule is O=Cc1ccnc(-c2cccs2)c1. The smallest absolute Gasteiger partial charge is 0.150 e. The van der Waals surface area contributed by atoms with E-state index in [9.17, 15) is 4.79 Å². The van der Waals surface area contributed by atoms with Gasteiger partial charge in [0.25, 0.3) is 0 Å². The van der Waals surface area contributed by atoms with Crippen LogP contribution in [-0.2, 0) is 0 Å². The van der Waals surface area contributed by atoms with Crippen molar-refractivity contribution >= 4 is 17.6 Å². The van der Waals surface area contributed by atoms with Gasteiger partial charge in [-0.05, 0) is 23.6 Å². The number of thiophene rings is 1. The summed E-state index contributed by atoms with van der Waals surface area (Å²) in [5.41, 5.74) is 1.53. The molecule has 0 fully saturated rings. The molecular weight excluding hydrogens is 182 g/mol. The van der Waals surface area contributed by atoms with Gasteiger partial charge in [0.15, 0.2) is 0 Å². The van der Waals surface area contributed by atoms with Gasteiger partial charge in [0.2, 0.25) is 0 Å². The van der Waals surface area contributed by atoms with Gasteiger partial charge in [0.05, 0.1) is 10.6 Å². The Labute approximate surface area is 79.9 Å². The van der Waals surface area contributed by atoms with E-state index in [1.807, 2.05) is 17.5 Å². The molecule has 0 saturated carbocycles. The first-order valence-electron chi connectivity index (χ1n) is 3.85. The maximum atomic E-state index is 10.5. The van der Waals surface area contributed by atoms with Gasteiger partial charge in [-0.15, -0.1) is 11.3 Å². The third-order valence-corrected chi connectivity index (χ3v) is 2.59. The summed E-state index contributed by atoms with van der Waals surface area (Å²) in [6.07, 6.45) is 2.48. The molecule has 2 rings (SSSR count). The normalized spacial score (nSPS) is 9.85. The molecule has 3 heteroatoms. The van der Waals surface area contributed by atoms with Gasteiger partial charge in [-0.2, -0.15) is 0 Å². The fourth-order valence-corrected chi connectivity index (χ4v) is 1.77. The summed E-state index contributed by atoms with van der Waals surface area (Å²) in [5, 5.41) is 1.99. The van der Waals surface area contributed by atoms with E-state index in [1.165, 1.54) is 0 Å². The number of carbonyl (C=O) groups excluding carboxylic acids is 1. The van der Waals surface area contributed by atoms with Gasteiger partial charge in [-0.1, -0.05) is 6.07 Å². The zero-order valence-electron chi connectivity index (χ0n) is 6.81. The predicted molar refractivity (Wildman–Crippen MR) is 52.9 cm³/mol. The van der Waals surface area contributed by atoms with Crippen LogP contribution in [0.3, 0.4) is 0 Å². The van der Waals surface area contributed by atoms with Crippen LogP contribution in [0.5, 0.6) is 0 Å². The number of hydrogen-bond acceptors (Lipinski definition) is 3.